The van der Waals surface area contributed by atoms with E-state index in [1.54, 1.807) is 11.8 Å². The zero-order valence-electron chi connectivity index (χ0n) is 12.0. The summed E-state index contributed by atoms with van der Waals surface area (Å²) in [6.07, 6.45) is 2.88. The molecule has 3 atom stereocenters. The number of halogens is 1. The quantitative estimate of drug-likeness (QED) is 0.866. The lowest BCUT2D eigenvalue weighted by molar-refractivity contribution is -0.130. The molecule has 0 bridgehead atoms. The highest BCUT2D eigenvalue weighted by Gasteiger charge is 2.42. The van der Waals surface area contributed by atoms with Gasteiger partial charge in [0.2, 0.25) is 5.91 Å². The fourth-order valence-electron chi connectivity index (χ4n) is 3.48. The predicted octanol–water partition coefficient (Wildman–Crippen LogP) is 3.02. The van der Waals surface area contributed by atoms with Crippen molar-refractivity contribution in [2.24, 2.45) is 17.6 Å². The van der Waals surface area contributed by atoms with Crippen molar-refractivity contribution in [2.75, 3.05) is 18.8 Å². The van der Waals surface area contributed by atoms with E-state index >= 15 is 0 Å². The number of hydrogen-bond donors (Lipinski definition) is 1. The summed E-state index contributed by atoms with van der Waals surface area (Å²) in [7, 11) is 0. The Hall–Kier alpha value is -0.710. The number of amides is 1. The van der Waals surface area contributed by atoms with Gasteiger partial charge in [-0.2, -0.15) is 0 Å². The summed E-state index contributed by atoms with van der Waals surface area (Å²) in [5.74, 6) is 2.21. The van der Waals surface area contributed by atoms with Gasteiger partial charge in [0.05, 0.1) is 5.02 Å². The number of carbonyl (C=O) groups is 1. The Balaban J connectivity index is 1.46. The minimum absolute atomic E-state index is 0.260. The van der Waals surface area contributed by atoms with Gasteiger partial charge in [-0.05, 0) is 36.8 Å². The molecule has 1 saturated carbocycles. The largest absolute Gasteiger partial charge is 0.342 e. The number of benzene rings is 1. The number of carbonyl (C=O) groups excluding carboxylic acids is 1. The number of likely N-dealkylation sites (tertiary alicyclic amines) is 1. The van der Waals surface area contributed by atoms with Crippen LogP contribution in [0.25, 0.3) is 0 Å². The Labute approximate surface area is 135 Å². The van der Waals surface area contributed by atoms with Crippen LogP contribution in [0.5, 0.6) is 0 Å². The van der Waals surface area contributed by atoms with E-state index in [4.69, 9.17) is 17.3 Å². The standard InChI is InChI=1S/C16H21ClN2OS/c17-13-3-1-2-4-15(13)21-8-7-16(20)19-9-11-5-6-14(18)12(11)10-19/h1-4,11-12,14H,5-10,18H2. The first-order valence-corrected chi connectivity index (χ1v) is 8.92. The average molecular weight is 325 g/mol. The molecule has 0 aromatic heterocycles. The van der Waals surface area contributed by atoms with E-state index in [1.807, 2.05) is 29.2 Å². The van der Waals surface area contributed by atoms with E-state index < -0.39 is 0 Å². The van der Waals surface area contributed by atoms with Gasteiger partial charge in [-0.1, -0.05) is 23.7 Å². The van der Waals surface area contributed by atoms with Crippen molar-refractivity contribution in [3.8, 4) is 0 Å². The normalized spacial score (nSPS) is 27.9. The van der Waals surface area contributed by atoms with Gasteiger partial charge in [0.25, 0.3) is 0 Å². The molecule has 3 unspecified atom stereocenters. The van der Waals surface area contributed by atoms with Crippen molar-refractivity contribution < 1.29 is 4.79 Å². The summed E-state index contributed by atoms with van der Waals surface area (Å²) in [6.45, 7) is 1.77. The number of thioether (sulfide) groups is 1. The Morgan fingerprint density at radius 3 is 2.90 bits per heavy atom. The minimum atomic E-state index is 0.260. The first-order chi connectivity index (χ1) is 10.1. The Morgan fingerprint density at radius 1 is 1.33 bits per heavy atom. The summed E-state index contributed by atoms with van der Waals surface area (Å²) in [6, 6.07) is 8.07. The first kappa shape index (κ1) is 15.2. The van der Waals surface area contributed by atoms with Crippen LogP contribution in [-0.4, -0.2) is 35.7 Å². The molecule has 1 aromatic carbocycles. The summed E-state index contributed by atoms with van der Waals surface area (Å²) >= 11 is 7.77. The molecule has 1 aliphatic heterocycles. The van der Waals surface area contributed by atoms with Crippen molar-refractivity contribution >= 4 is 29.3 Å². The monoisotopic (exact) mass is 324 g/mol. The Bertz CT molecular complexity index is 525. The predicted molar refractivity (Wildman–Crippen MR) is 87.6 cm³/mol. The second kappa shape index (κ2) is 6.59. The maximum absolute atomic E-state index is 12.3. The van der Waals surface area contributed by atoms with Crippen LogP contribution in [0.3, 0.4) is 0 Å². The number of rotatable bonds is 4. The summed E-state index contributed by atoms with van der Waals surface area (Å²) in [5.41, 5.74) is 6.12. The lowest BCUT2D eigenvalue weighted by atomic mass is 9.98. The lowest BCUT2D eigenvalue weighted by Crippen LogP contribution is -2.33. The number of nitrogens with zero attached hydrogens (tertiary/aromatic N) is 1. The van der Waals surface area contributed by atoms with Crippen molar-refractivity contribution in [3.05, 3.63) is 29.3 Å². The SMILES string of the molecule is NC1CCC2CN(C(=O)CCSc3ccccc3Cl)CC12. The third kappa shape index (κ3) is 3.38. The third-order valence-electron chi connectivity index (χ3n) is 4.68. The van der Waals surface area contributed by atoms with Gasteiger partial charge >= 0.3 is 0 Å². The molecular weight excluding hydrogens is 304 g/mol. The van der Waals surface area contributed by atoms with Crippen LogP contribution < -0.4 is 5.73 Å². The molecule has 1 aromatic rings. The summed E-state index contributed by atoms with van der Waals surface area (Å²) in [4.78, 5) is 15.4. The molecule has 0 radical (unpaired) electrons. The highest BCUT2D eigenvalue weighted by Crippen LogP contribution is 2.37. The molecule has 5 heteroatoms. The number of fused-ring (bicyclic) bond motifs is 1. The highest BCUT2D eigenvalue weighted by molar-refractivity contribution is 7.99. The van der Waals surface area contributed by atoms with Crippen LogP contribution >= 0.6 is 23.4 Å². The molecular formula is C16H21ClN2OS. The van der Waals surface area contributed by atoms with Crippen molar-refractivity contribution in [2.45, 2.75) is 30.2 Å². The van der Waals surface area contributed by atoms with Crippen LogP contribution in [-0.2, 0) is 4.79 Å². The molecule has 0 spiro atoms. The van der Waals surface area contributed by atoms with Crippen molar-refractivity contribution in [1.82, 2.24) is 4.90 Å². The first-order valence-electron chi connectivity index (χ1n) is 7.56. The minimum Gasteiger partial charge on any atom is -0.342 e. The summed E-state index contributed by atoms with van der Waals surface area (Å²) < 4.78 is 0. The lowest BCUT2D eigenvalue weighted by Gasteiger charge is -2.18. The van der Waals surface area contributed by atoms with Crippen LogP contribution in [0, 0.1) is 11.8 Å². The van der Waals surface area contributed by atoms with Gasteiger partial charge in [-0.15, -0.1) is 11.8 Å². The van der Waals surface area contributed by atoms with E-state index in [1.165, 1.54) is 6.42 Å². The van der Waals surface area contributed by atoms with Crippen LogP contribution in [0.4, 0.5) is 0 Å². The topological polar surface area (TPSA) is 46.3 Å². The van der Waals surface area contributed by atoms with Gasteiger partial charge in [0.1, 0.15) is 0 Å². The van der Waals surface area contributed by atoms with Gasteiger partial charge in [0, 0.05) is 36.2 Å². The Kier molecular flexibility index (Phi) is 4.77. The molecule has 1 aliphatic carbocycles. The second-order valence-corrected chi connectivity index (χ2v) is 7.54. The van der Waals surface area contributed by atoms with Crippen molar-refractivity contribution in [3.63, 3.8) is 0 Å². The second-order valence-electron chi connectivity index (χ2n) is 5.99. The van der Waals surface area contributed by atoms with E-state index in [-0.39, 0.29) is 5.91 Å². The molecule has 1 amide bonds. The number of nitrogens with two attached hydrogens (primary N) is 1. The van der Waals surface area contributed by atoms with Gasteiger partial charge in [-0.25, -0.2) is 0 Å². The molecule has 3 nitrogen and oxygen atoms in total. The van der Waals surface area contributed by atoms with Crippen LogP contribution in [0.1, 0.15) is 19.3 Å². The fraction of sp³-hybridized carbons (Fsp3) is 0.562. The molecule has 3 rings (SSSR count). The zero-order chi connectivity index (χ0) is 14.8. The Morgan fingerprint density at radius 2 is 2.14 bits per heavy atom. The third-order valence-corrected chi connectivity index (χ3v) is 6.19. The van der Waals surface area contributed by atoms with Gasteiger partial charge in [-0.3, -0.25) is 4.79 Å². The summed E-state index contributed by atoms with van der Waals surface area (Å²) in [5, 5.41) is 0.761. The molecule has 1 saturated heterocycles. The van der Waals surface area contributed by atoms with Crippen molar-refractivity contribution in [1.29, 1.82) is 0 Å². The van der Waals surface area contributed by atoms with Gasteiger partial charge < -0.3 is 10.6 Å². The molecule has 1 heterocycles. The highest BCUT2D eigenvalue weighted by atomic mass is 35.5. The van der Waals surface area contributed by atoms with E-state index in [0.717, 1.165) is 35.2 Å². The van der Waals surface area contributed by atoms with Crippen LogP contribution in [0.2, 0.25) is 5.02 Å². The van der Waals surface area contributed by atoms with Crippen LogP contribution in [0.15, 0.2) is 29.2 Å². The molecule has 114 valence electrons. The fourth-order valence-corrected chi connectivity index (χ4v) is 4.66. The molecule has 2 aliphatic rings. The van der Waals surface area contributed by atoms with Gasteiger partial charge in [0.15, 0.2) is 0 Å². The maximum atomic E-state index is 12.3. The number of hydrogen-bond acceptors (Lipinski definition) is 3. The average Bonchev–Trinajstić information content (AvgIpc) is 3.04. The van der Waals surface area contributed by atoms with E-state index in [0.29, 0.717) is 24.3 Å². The maximum Gasteiger partial charge on any atom is 0.223 e. The smallest absolute Gasteiger partial charge is 0.223 e. The molecule has 2 fully saturated rings. The zero-order valence-corrected chi connectivity index (χ0v) is 13.6. The van der Waals surface area contributed by atoms with E-state index in [2.05, 4.69) is 0 Å². The molecule has 2 N–H and O–H groups in total. The molecule has 21 heavy (non-hydrogen) atoms. The van der Waals surface area contributed by atoms with E-state index in [9.17, 15) is 4.79 Å².